The Morgan fingerprint density at radius 2 is 2.00 bits per heavy atom. The van der Waals surface area contributed by atoms with Gasteiger partial charge in [0.05, 0.1) is 6.20 Å². The van der Waals surface area contributed by atoms with Crippen LogP contribution < -0.4 is 16.6 Å². The zero-order valence-corrected chi connectivity index (χ0v) is 9.40. The van der Waals surface area contributed by atoms with Crippen LogP contribution in [0.2, 0.25) is 0 Å². The number of hydrogen-bond acceptors (Lipinski definition) is 4. The lowest BCUT2D eigenvalue weighted by Gasteiger charge is -2.34. The van der Waals surface area contributed by atoms with Gasteiger partial charge >= 0.3 is 0 Å². The molecule has 0 unspecified atom stereocenters. The minimum absolute atomic E-state index is 0.0928. The summed E-state index contributed by atoms with van der Waals surface area (Å²) >= 11 is 0. The molecule has 3 rings (SSSR count). The van der Waals surface area contributed by atoms with Gasteiger partial charge in [0.15, 0.2) is 0 Å². The molecule has 1 aromatic heterocycles. The van der Waals surface area contributed by atoms with Gasteiger partial charge in [-0.15, -0.1) is 0 Å². The van der Waals surface area contributed by atoms with E-state index < -0.39 is 5.66 Å². The Morgan fingerprint density at radius 3 is 2.71 bits per heavy atom. The molecule has 0 atom stereocenters. The lowest BCUT2D eigenvalue weighted by molar-refractivity contribution is 0.0875. The Hall–Kier alpha value is -1.85. The van der Waals surface area contributed by atoms with Crippen molar-refractivity contribution in [2.45, 2.75) is 37.8 Å². The molecule has 3 N–H and O–H groups in total. The van der Waals surface area contributed by atoms with Crippen LogP contribution in [0.3, 0.4) is 0 Å². The van der Waals surface area contributed by atoms with E-state index >= 15 is 0 Å². The molecule has 1 aromatic rings. The molecule has 0 saturated heterocycles. The molecule has 2 aliphatic rings. The molecular weight excluding hydrogens is 220 g/mol. The summed E-state index contributed by atoms with van der Waals surface area (Å²) < 4.78 is 1.46. The van der Waals surface area contributed by atoms with Gasteiger partial charge in [-0.05, 0) is 25.7 Å². The number of nitrogens with one attached hydrogen (secondary N) is 1. The summed E-state index contributed by atoms with van der Waals surface area (Å²) in [4.78, 5) is 27.9. The number of rotatable bonds is 0. The van der Waals surface area contributed by atoms with Gasteiger partial charge < -0.3 is 11.1 Å². The van der Waals surface area contributed by atoms with Gasteiger partial charge in [-0.1, -0.05) is 6.42 Å². The van der Waals surface area contributed by atoms with Gasteiger partial charge in [0.2, 0.25) is 5.82 Å². The van der Waals surface area contributed by atoms with Gasteiger partial charge in [-0.3, -0.25) is 14.2 Å². The van der Waals surface area contributed by atoms with E-state index in [1.165, 1.54) is 10.8 Å². The molecule has 1 amide bonds. The monoisotopic (exact) mass is 234 g/mol. The summed E-state index contributed by atoms with van der Waals surface area (Å²) in [6.45, 7) is 0. The third kappa shape index (κ3) is 1.30. The van der Waals surface area contributed by atoms with Gasteiger partial charge in [0.25, 0.3) is 11.5 Å². The fraction of sp³-hybridized carbons (Fsp3) is 0.545. The fourth-order valence-corrected chi connectivity index (χ4v) is 2.83. The number of nitrogens with two attached hydrogens (primary N) is 1. The topological polar surface area (TPSA) is 90.0 Å². The van der Waals surface area contributed by atoms with Crippen molar-refractivity contribution in [1.82, 2.24) is 14.9 Å². The maximum absolute atomic E-state index is 12.1. The summed E-state index contributed by atoms with van der Waals surface area (Å²) in [7, 11) is 0. The third-order valence-electron chi connectivity index (χ3n) is 3.65. The van der Waals surface area contributed by atoms with E-state index in [1.54, 1.807) is 0 Å². The van der Waals surface area contributed by atoms with Crippen molar-refractivity contribution in [3.8, 4) is 0 Å². The van der Waals surface area contributed by atoms with Crippen LogP contribution in [-0.2, 0) is 5.66 Å². The molecule has 1 aliphatic carbocycles. The Bertz CT molecular complexity index is 543. The van der Waals surface area contributed by atoms with Crippen molar-refractivity contribution in [3.63, 3.8) is 0 Å². The van der Waals surface area contributed by atoms with E-state index in [1.807, 2.05) is 0 Å². The standard InChI is InChI=1S/C11H14N4O2/c12-7-6-13-8-9(16)14-11(15(8)10(7)17)4-2-1-3-5-11/h6H,1-5,12H2,(H,14,16). The third-order valence-corrected chi connectivity index (χ3v) is 3.65. The average molecular weight is 234 g/mol. The van der Waals surface area contributed by atoms with Crippen LogP contribution in [0.25, 0.3) is 0 Å². The zero-order valence-electron chi connectivity index (χ0n) is 9.40. The Labute approximate surface area is 97.8 Å². The highest BCUT2D eigenvalue weighted by Crippen LogP contribution is 2.35. The maximum Gasteiger partial charge on any atom is 0.289 e. The average Bonchev–Trinajstić information content (AvgIpc) is 2.58. The van der Waals surface area contributed by atoms with Crippen molar-refractivity contribution < 1.29 is 4.79 Å². The SMILES string of the molecule is Nc1cnc2n(c1=O)C1(CCCCC1)NC2=O. The molecule has 1 fully saturated rings. The van der Waals surface area contributed by atoms with Crippen LogP contribution in [-0.4, -0.2) is 15.5 Å². The number of amides is 1. The molecule has 0 bridgehead atoms. The number of fused-ring (bicyclic) bond motifs is 2. The minimum Gasteiger partial charge on any atom is -0.393 e. The Balaban J connectivity index is 2.23. The van der Waals surface area contributed by atoms with Gasteiger partial charge in [0, 0.05) is 0 Å². The number of nitrogen functional groups attached to an aromatic ring is 1. The van der Waals surface area contributed by atoms with Crippen LogP contribution in [0.4, 0.5) is 5.69 Å². The van der Waals surface area contributed by atoms with E-state index in [2.05, 4.69) is 10.3 Å². The number of carbonyl (C=O) groups excluding carboxylic acids is 1. The normalized spacial score (nSPS) is 21.3. The predicted octanol–water partition coefficient (Wildman–Crippen LogP) is 0.186. The molecule has 6 heteroatoms. The highest BCUT2D eigenvalue weighted by Gasteiger charge is 2.45. The molecule has 1 aliphatic heterocycles. The van der Waals surface area contributed by atoms with E-state index in [4.69, 9.17) is 5.73 Å². The first-order valence-corrected chi connectivity index (χ1v) is 5.85. The second-order valence-electron chi connectivity index (χ2n) is 4.72. The van der Waals surface area contributed by atoms with Gasteiger partial charge in [-0.2, -0.15) is 0 Å². The van der Waals surface area contributed by atoms with E-state index in [9.17, 15) is 9.59 Å². The maximum atomic E-state index is 12.1. The molecule has 0 radical (unpaired) electrons. The Morgan fingerprint density at radius 1 is 1.29 bits per heavy atom. The molecule has 90 valence electrons. The van der Waals surface area contributed by atoms with E-state index in [-0.39, 0.29) is 23.0 Å². The summed E-state index contributed by atoms with van der Waals surface area (Å²) in [6.07, 6.45) is 5.95. The quantitative estimate of drug-likeness (QED) is 0.670. The largest absolute Gasteiger partial charge is 0.393 e. The van der Waals surface area contributed by atoms with Crippen molar-refractivity contribution in [2.75, 3.05) is 5.73 Å². The first-order valence-electron chi connectivity index (χ1n) is 5.85. The van der Waals surface area contributed by atoms with Crippen LogP contribution >= 0.6 is 0 Å². The zero-order chi connectivity index (χ0) is 12.0. The molecular formula is C11H14N4O2. The van der Waals surface area contributed by atoms with E-state index in [0.29, 0.717) is 0 Å². The van der Waals surface area contributed by atoms with Gasteiger partial charge in [-0.25, -0.2) is 4.98 Å². The van der Waals surface area contributed by atoms with Crippen LogP contribution in [0.15, 0.2) is 11.0 Å². The lowest BCUT2D eigenvalue weighted by Crippen LogP contribution is -2.48. The number of nitrogens with zero attached hydrogens (tertiary/aromatic N) is 2. The summed E-state index contributed by atoms with van der Waals surface area (Å²) in [6, 6.07) is 0. The molecule has 2 heterocycles. The summed E-state index contributed by atoms with van der Waals surface area (Å²) in [5, 5.41) is 2.91. The van der Waals surface area contributed by atoms with Crippen LogP contribution in [0.5, 0.6) is 0 Å². The van der Waals surface area contributed by atoms with Crippen LogP contribution in [0.1, 0.15) is 42.7 Å². The number of hydrogen-bond donors (Lipinski definition) is 2. The highest BCUT2D eigenvalue weighted by atomic mass is 16.2. The molecule has 17 heavy (non-hydrogen) atoms. The molecule has 1 spiro atoms. The number of aromatic nitrogens is 2. The second kappa shape index (κ2) is 3.32. The second-order valence-corrected chi connectivity index (χ2v) is 4.72. The van der Waals surface area contributed by atoms with Crippen molar-refractivity contribution in [1.29, 1.82) is 0 Å². The molecule has 1 saturated carbocycles. The smallest absolute Gasteiger partial charge is 0.289 e. The number of carbonyl (C=O) groups is 1. The fourth-order valence-electron chi connectivity index (χ4n) is 2.83. The summed E-state index contributed by atoms with van der Waals surface area (Å²) in [5.41, 5.74) is 4.80. The highest BCUT2D eigenvalue weighted by molar-refractivity contribution is 5.93. The molecule has 6 nitrogen and oxygen atoms in total. The summed E-state index contributed by atoms with van der Waals surface area (Å²) in [5.74, 6) is -0.0879. The minimum atomic E-state index is -0.579. The first-order chi connectivity index (χ1) is 8.14. The van der Waals surface area contributed by atoms with Gasteiger partial charge in [0.1, 0.15) is 11.4 Å². The van der Waals surface area contributed by atoms with Crippen molar-refractivity contribution in [2.24, 2.45) is 0 Å². The van der Waals surface area contributed by atoms with Crippen LogP contribution in [0, 0.1) is 0 Å². The molecule has 0 aromatic carbocycles. The van der Waals surface area contributed by atoms with E-state index in [0.717, 1.165) is 32.1 Å². The van der Waals surface area contributed by atoms with Crippen molar-refractivity contribution >= 4 is 11.6 Å². The van der Waals surface area contributed by atoms with Crippen molar-refractivity contribution in [3.05, 3.63) is 22.4 Å². The first kappa shape index (κ1) is 10.3. The lowest BCUT2D eigenvalue weighted by atomic mass is 9.89. The number of anilines is 1. The predicted molar refractivity (Wildman–Crippen MR) is 61.4 cm³/mol. The Kier molecular flexibility index (Phi) is 2.01.